The van der Waals surface area contributed by atoms with Crippen LogP contribution in [0.3, 0.4) is 0 Å². The van der Waals surface area contributed by atoms with Gasteiger partial charge in [0.15, 0.2) is 5.09 Å². The lowest BCUT2D eigenvalue weighted by molar-refractivity contribution is 0.0627. The van der Waals surface area contributed by atoms with E-state index in [1.807, 2.05) is 6.26 Å². The topological polar surface area (TPSA) is 63.4 Å². The monoisotopic (exact) mass is 274 g/mol. The lowest BCUT2D eigenvalue weighted by atomic mass is 10.1. The predicted molar refractivity (Wildman–Crippen MR) is 68.9 cm³/mol. The molecule has 1 aliphatic heterocycles. The number of amides is 2. The van der Waals surface area contributed by atoms with E-state index in [9.17, 15) is 9.59 Å². The van der Waals surface area contributed by atoms with Crippen LogP contribution >= 0.6 is 11.8 Å². The molecule has 19 heavy (non-hydrogen) atoms. The Hall–Kier alpha value is -2.08. The number of hydrogen-bond acceptors (Lipinski definition) is 5. The standard InChI is InChI=1S/C13H10N2O3S/c1-19-11-6-14-10(18-11)7-15-12(16)8-4-2-3-5-9(8)13(15)17/h2-6H,7H2,1H3. The van der Waals surface area contributed by atoms with Gasteiger partial charge in [-0.05, 0) is 18.4 Å². The van der Waals surface area contributed by atoms with E-state index < -0.39 is 0 Å². The van der Waals surface area contributed by atoms with Crippen LogP contribution in [0.5, 0.6) is 0 Å². The molecule has 0 bridgehead atoms. The Kier molecular flexibility index (Phi) is 2.87. The number of carbonyl (C=O) groups is 2. The van der Waals surface area contributed by atoms with Gasteiger partial charge in [0, 0.05) is 0 Å². The summed E-state index contributed by atoms with van der Waals surface area (Å²) in [7, 11) is 0. The van der Waals surface area contributed by atoms with Gasteiger partial charge in [-0.3, -0.25) is 14.5 Å². The van der Waals surface area contributed by atoms with Crippen LogP contribution in [0.4, 0.5) is 0 Å². The van der Waals surface area contributed by atoms with Gasteiger partial charge in [0.25, 0.3) is 11.8 Å². The molecule has 96 valence electrons. The van der Waals surface area contributed by atoms with E-state index in [2.05, 4.69) is 4.98 Å². The molecule has 5 nitrogen and oxygen atoms in total. The van der Waals surface area contributed by atoms with Crippen molar-refractivity contribution < 1.29 is 14.0 Å². The maximum absolute atomic E-state index is 12.1. The zero-order valence-electron chi connectivity index (χ0n) is 10.1. The van der Waals surface area contributed by atoms with Gasteiger partial charge in [-0.1, -0.05) is 23.9 Å². The second kappa shape index (κ2) is 4.55. The van der Waals surface area contributed by atoms with Crippen molar-refractivity contribution in [2.24, 2.45) is 0 Å². The Balaban J connectivity index is 1.88. The van der Waals surface area contributed by atoms with Crippen LogP contribution in [0, 0.1) is 0 Å². The van der Waals surface area contributed by atoms with Crippen LogP contribution < -0.4 is 0 Å². The summed E-state index contributed by atoms with van der Waals surface area (Å²) >= 11 is 1.42. The average molecular weight is 274 g/mol. The van der Waals surface area contributed by atoms with Gasteiger partial charge in [0.2, 0.25) is 5.89 Å². The maximum Gasteiger partial charge on any atom is 0.262 e. The number of nitrogens with zero attached hydrogens (tertiary/aromatic N) is 2. The molecule has 2 aromatic rings. The summed E-state index contributed by atoms with van der Waals surface area (Å²) in [5, 5.41) is 0.659. The lowest BCUT2D eigenvalue weighted by Crippen LogP contribution is -2.29. The van der Waals surface area contributed by atoms with Gasteiger partial charge >= 0.3 is 0 Å². The molecule has 0 atom stereocenters. The summed E-state index contributed by atoms with van der Waals surface area (Å²) in [6.07, 6.45) is 3.45. The molecule has 0 aliphatic carbocycles. The summed E-state index contributed by atoms with van der Waals surface area (Å²) in [6.45, 7) is 0.0624. The molecular weight excluding hydrogens is 264 g/mol. The average Bonchev–Trinajstić information content (AvgIpc) is 2.99. The minimum atomic E-state index is -0.301. The number of rotatable bonds is 3. The van der Waals surface area contributed by atoms with Crippen molar-refractivity contribution in [3.63, 3.8) is 0 Å². The number of benzene rings is 1. The fourth-order valence-electron chi connectivity index (χ4n) is 1.98. The van der Waals surface area contributed by atoms with E-state index in [1.54, 1.807) is 30.5 Å². The molecule has 0 spiro atoms. The van der Waals surface area contributed by atoms with Crippen LogP contribution in [-0.2, 0) is 6.54 Å². The van der Waals surface area contributed by atoms with Crippen LogP contribution in [-0.4, -0.2) is 28.0 Å². The smallest absolute Gasteiger partial charge is 0.262 e. The normalized spacial score (nSPS) is 14.1. The molecule has 0 saturated carbocycles. The van der Waals surface area contributed by atoms with E-state index in [0.717, 1.165) is 4.90 Å². The van der Waals surface area contributed by atoms with Crippen LogP contribution in [0.15, 0.2) is 40.0 Å². The van der Waals surface area contributed by atoms with Gasteiger partial charge in [0.05, 0.1) is 17.3 Å². The van der Waals surface area contributed by atoms with Crippen molar-refractivity contribution in [1.29, 1.82) is 0 Å². The maximum atomic E-state index is 12.1. The van der Waals surface area contributed by atoms with Crippen molar-refractivity contribution in [3.05, 3.63) is 47.5 Å². The van der Waals surface area contributed by atoms with Gasteiger partial charge in [-0.15, -0.1) is 0 Å². The number of oxazole rings is 1. The molecule has 0 saturated heterocycles. The molecular formula is C13H10N2O3S. The number of carbonyl (C=O) groups excluding carboxylic acids is 2. The highest BCUT2D eigenvalue weighted by Crippen LogP contribution is 2.25. The van der Waals surface area contributed by atoms with E-state index in [0.29, 0.717) is 22.1 Å². The highest BCUT2D eigenvalue weighted by Gasteiger charge is 2.35. The first-order valence-electron chi connectivity index (χ1n) is 5.64. The van der Waals surface area contributed by atoms with Gasteiger partial charge in [-0.2, -0.15) is 0 Å². The fraction of sp³-hybridized carbons (Fsp3) is 0.154. The van der Waals surface area contributed by atoms with Gasteiger partial charge in [0.1, 0.15) is 6.54 Å². The second-order valence-corrected chi connectivity index (χ2v) is 4.83. The molecule has 0 N–H and O–H groups in total. The number of aromatic nitrogens is 1. The molecule has 2 amide bonds. The van der Waals surface area contributed by atoms with E-state index >= 15 is 0 Å². The summed E-state index contributed by atoms with van der Waals surface area (Å²) in [6, 6.07) is 6.78. The third-order valence-corrected chi connectivity index (χ3v) is 3.50. The number of imide groups is 1. The molecule has 2 heterocycles. The molecule has 1 aromatic heterocycles. The van der Waals surface area contributed by atoms with Crippen molar-refractivity contribution in [2.45, 2.75) is 11.6 Å². The van der Waals surface area contributed by atoms with Crippen molar-refractivity contribution in [3.8, 4) is 0 Å². The number of fused-ring (bicyclic) bond motifs is 1. The van der Waals surface area contributed by atoms with Gasteiger partial charge in [-0.25, -0.2) is 4.98 Å². The molecule has 3 rings (SSSR count). The first-order chi connectivity index (χ1) is 9.20. The molecule has 0 radical (unpaired) electrons. The second-order valence-electron chi connectivity index (χ2n) is 4.02. The summed E-state index contributed by atoms with van der Waals surface area (Å²) in [4.78, 5) is 29.4. The van der Waals surface area contributed by atoms with E-state index in [4.69, 9.17) is 4.42 Å². The Morgan fingerprint density at radius 2 is 1.84 bits per heavy atom. The minimum Gasteiger partial charge on any atom is -0.433 e. The van der Waals surface area contributed by atoms with Crippen molar-refractivity contribution in [1.82, 2.24) is 9.88 Å². The van der Waals surface area contributed by atoms with Crippen LogP contribution in [0.1, 0.15) is 26.6 Å². The summed E-state index contributed by atoms with van der Waals surface area (Å²) in [5.74, 6) is -0.243. The third-order valence-electron chi connectivity index (χ3n) is 2.91. The quantitative estimate of drug-likeness (QED) is 0.634. The van der Waals surface area contributed by atoms with Crippen molar-refractivity contribution in [2.75, 3.05) is 6.26 Å². The fourth-order valence-corrected chi connectivity index (χ4v) is 2.32. The van der Waals surface area contributed by atoms with E-state index in [1.165, 1.54) is 11.8 Å². The first kappa shape index (κ1) is 12.0. The summed E-state index contributed by atoms with van der Waals surface area (Å²) < 4.78 is 5.40. The molecule has 6 heteroatoms. The Labute approximate surface area is 113 Å². The van der Waals surface area contributed by atoms with Crippen LogP contribution in [0.2, 0.25) is 0 Å². The highest BCUT2D eigenvalue weighted by atomic mass is 32.2. The zero-order valence-corrected chi connectivity index (χ0v) is 10.9. The first-order valence-corrected chi connectivity index (χ1v) is 6.87. The lowest BCUT2D eigenvalue weighted by Gasteiger charge is -2.10. The van der Waals surface area contributed by atoms with E-state index in [-0.39, 0.29) is 18.4 Å². The molecule has 0 unspecified atom stereocenters. The zero-order chi connectivity index (χ0) is 13.4. The van der Waals surface area contributed by atoms with Crippen LogP contribution in [0.25, 0.3) is 0 Å². The third kappa shape index (κ3) is 1.94. The van der Waals surface area contributed by atoms with Gasteiger partial charge < -0.3 is 4.42 Å². The SMILES string of the molecule is CSc1cnc(CN2C(=O)c3ccccc3C2=O)o1. The molecule has 0 fully saturated rings. The number of hydrogen-bond donors (Lipinski definition) is 0. The Bertz CT molecular complexity index is 630. The number of thioether (sulfide) groups is 1. The van der Waals surface area contributed by atoms with Crippen molar-refractivity contribution >= 4 is 23.6 Å². The Morgan fingerprint density at radius 3 is 2.37 bits per heavy atom. The molecule has 1 aliphatic rings. The largest absolute Gasteiger partial charge is 0.433 e. The molecule has 1 aromatic carbocycles. The predicted octanol–water partition coefficient (Wildman–Crippen LogP) is 2.19. The minimum absolute atomic E-state index is 0.0624. The Morgan fingerprint density at radius 1 is 1.21 bits per heavy atom. The highest BCUT2D eigenvalue weighted by molar-refractivity contribution is 7.98. The summed E-state index contributed by atoms with van der Waals surface area (Å²) in [5.41, 5.74) is 0.869.